The van der Waals surface area contributed by atoms with Gasteiger partial charge in [-0.2, -0.15) is 5.26 Å². The average molecular weight is 206 g/mol. The van der Waals surface area contributed by atoms with Crippen LogP contribution in [0.3, 0.4) is 0 Å². The molecule has 1 heterocycles. The molecule has 0 atom stereocenters. The predicted molar refractivity (Wildman–Crippen MR) is 58.3 cm³/mol. The summed E-state index contributed by atoms with van der Waals surface area (Å²) in [4.78, 5) is 5.94. The van der Waals surface area contributed by atoms with Gasteiger partial charge in [-0.25, -0.2) is 4.98 Å². The third-order valence-electron chi connectivity index (χ3n) is 2.06. The van der Waals surface area contributed by atoms with Gasteiger partial charge in [0.2, 0.25) is 0 Å². The second-order valence-electron chi connectivity index (χ2n) is 3.05. The first kappa shape index (κ1) is 11.3. The fourth-order valence-electron chi connectivity index (χ4n) is 1.34. The third-order valence-corrected chi connectivity index (χ3v) is 2.06. The Morgan fingerprint density at radius 2 is 2.40 bits per heavy atom. The Bertz CT molecular complexity index is 372. The van der Waals surface area contributed by atoms with Crippen LogP contribution in [0.2, 0.25) is 0 Å². The minimum absolute atomic E-state index is 0.0325. The lowest BCUT2D eigenvalue weighted by molar-refractivity contribution is 0.302. The van der Waals surface area contributed by atoms with Crippen LogP contribution in [0.5, 0.6) is 0 Å². The van der Waals surface area contributed by atoms with E-state index in [0.717, 1.165) is 0 Å². The van der Waals surface area contributed by atoms with Crippen molar-refractivity contribution in [3.63, 3.8) is 0 Å². The number of nitrogen functional groups attached to an aromatic ring is 1. The third kappa shape index (κ3) is 2.58. The van der Waals surface area contributed by atoms with Gasteiger partial charge < -0.3 is 15.7 Å². The molecule has 1 aromatic heterocycles. The van der Waals surface area contributed by atoms with E-state index < -0.39 is 0 Å². The quantitative estimate of drug-likeness (QED) is 0.742. The number of likely N-dealkylation sites (N-methyl/N-ethyl adjacent to an activating group) is 1. The molecule has 0 aliphatic heterocycles. The number of rotatable bonds is 4. The summed E-state index contributed by atoms with van der Waals surface area (Å²) in [5.74, 6) is 0.572. The summed E-state index contributed by atoms with van der Waals surface area (Å²) in [7, 11) is 0. The number of nitrogens with two attached hydrogens (primary N) is 1. The van der Waals surface area contributed by atoms with Crippen LogP contribution in [-0.4, -0.2) is 29.8 Å². The maximum atomic E-state index is 8.92. The van der Waals surface area contributed by atoms with Crippen LogP contribution in [0, 0.1) is 11.3 Å². The SMILES string of the molecule is CCN(CCO)c1ncc(N)cc1C#N. The predicted octanol–water partition coefficient (Wildman–Crippen LogP) is 0.354. The van der Waals surface area contributed by atoms with E-state index in [0.29, 0.717) is 30.2 Å². The molecule has 15 heavy (non-hydrogen) atoms. The van der Waals surface area contributed by atoms with E-state index in [1.807, 2.05) is 17.9 Å². The first-order chi connectivity index (χ1) is 7.22. The van der Waals surface area contributed by atoms with Gasteiger partial charge in [0.25, 0.3) is 0 Å². The number of nitriles is 1. The molecule has 0 saturated heterocycles. The fraction of sp³-hybridized carbons (Fsp3) is 0.400. The Morgan fingerprint density at radius 3 is 2.93 bits per heavy atom. The molecule has 0 aliphatic carbocycles. The van der Waals surface area contributed by atoms with E-state index in [1.54, 1.807) is 6.07 Å². The van der Waals surface area contributed by atoms with Gasteiger partial charge in [-0.3, -0.25) is 0 Å². The number of hydrogen-bond acceptors (Lipinski definition) is 5. The summed E-state index contributed by atoms with van der Waals surface area (Å²) in [6.45, 7) is 3.12. The summed E-state index contributed by atoms with van der Waals surface area (Å²) < 4.78 is 0. The Hall–Kier alpha value is -1.80. The summed E-state index contributed by atoms with van der Waals surface area (Å²) in [6, 6.07) is 3.63. The van der Waals surface area contributed by atoms with Crippen molar-refractivity contribution in [3.8, 4) is 6.07 Å². The van der Waals surface area contributed by atoms with Crippen LogP contribution in [-0.2, 0) is 0 Å². The summed E-state index contributed by atoms with van der Waals surface area (Å²) in [6.07, 6.45) is 1.51. The summed E-state index contributed by atoms with van der Waals surface area (Å²) in [5, 5.41) is 17.8. The van der Waals surface area contributed by atoms with Crippen molar-refractivity contribution in [1.29, 1.82) is 5.26 Å². The number of aliphatic hydroxyl groups excluding tert-OH is 1. The van der Waals surface area contributed by atoms with E-state index in [4.69, 9.17) is 16.1 Å². The van der Waals surface area contributed by atoms with Crippen molar-refractivity contribution < 1.29 is 5.11 Å². The van der Waals surface area contributed by atoms with Crippen LogP contribution in [0.1, 0.15) is 12.5 Å². The van der Waals surface area contributed by atoms with Crippen LogP contribution in [0.25, 0.3) is 0 Å². The zero-order valence-electron chi connectivity index (χ0n) is 8.64. The fourth-order valence-corrected chi connectivity index (χ4v) is 1.34. The van der Waals surface area contributed by atoms with Crippen LogP contribution < -0.4 is 10.6 Å². The monoisotopic (exact) mass is 206 g/mol. The molecule has 0 bridgehead atoms. The van der Waals surface area contributed by atoms with Crippen molar-refractivity contribution in [1.82, 2.24) is 4.98 Å². The molecule has 0 radical (unpaired) electrons. The summed E-state index contributed by atoms with van der Waals surface area (Å²) >= 11 is 0. The number of hydrogen-bond donors (Lipinski definition) is 2. The molecule has 0 amide bonds. The Morgan fingerprint density at radius 1 is 1.67 bits per heavy atom. The zero-order valence-corrected chi connectivity index (χ0v) is 8.64. The van der Waals surface area contributed by atoms with Crippen LogP contribution >= 0.6 is 0 Å². The van der Waals surface area contributed by atoms with Gasteiger partial charge in [0.05, 0.1) is 24.1 Å². The summed E-state index contributed by atoms with van der Waals surface area (Å²) in [5.41, 5.74) is 6.44. The number of aliphatic hydroxyl groups is 1. The Kier molecular flexibility index (Phi) is 3.89. The maximum Gasteiger partial charge on any atom is 0.146 e. The lowest BCUT2D eigenvalue weighted by Crippen LogP contribution is -2.27. The number of anilines is 2. The topological polar surface area (TPSA) is 86.2 Å². The Balaban J connectivity index is 3.06. The first-order valence-corrected chi connectivity index (χ1v) is 4.74. The smallest absolute Gasteiger partial charge is 0.146 e. The highest BCUT2D eigenvalue weighted by Crippen LogP contribution is 2.18. The van der Waals surface area contributed by atoms with E-state index in [-0.39, 0.29) is 6.61 Å². The molecule has 5 heteroatoms. The second kappa shape index (κ2) is 5.17. The molecule has 1 aromatic rings. The van der Waals surface area contributed by atoms with Gasteiger partial charge in [0, 0.05) is 13.1 Å². The van der Waals surface area contributed by atoms with E-state index in [9.17, 15) is 0 Å². The molecule has 0 aliphatic rings. The van der Waals surface area contributed by atoms with Gasteiger partial charge in [-0.15, -0.1) is 0 Å². The van der Waals surface area contributed by atoms with Crippen LogP contribution in [0.15, 0.2) is 12.3 Å². The lowest BCUT2D eigenvalue weighted by Gasteiger charge is -2.21. The largest absolute Gasteiger partial charge is 0.397 e. The van der Waals surface area contributed by atoms with Gasteiger partial charge >= 0.3 is 0 Å². The second-order valence-corrected chi connectivity index (χ2v) is 3.05. The molecule has 0 aromatic carbocycles. The highest BCUT2D eigenvalue weighted by Gasteiger charge is 2.10. The van der Waals surface area contributed by atoms with E-state index in [2.05, 4.69) is 4.98 Å². The van der Waals surface area contributed by atoms with Gasteiger partial charge in [0.15, 0.2) is 0 Å². The van der Waals surface area contributed by atoms with Crippen molar-refractivity contribution in [2.45, 2.75) is 6.92 Å². The molecule has 1 rings (SSSR count). The van der Waals surface area contributed by atoms with Crippen molar-refractivity contribution in [2.75, 3.05) is 30.3 Å². The number of aromatic nitrogens is 1. The maximum absolute atomic E-state index is 8.92. The van der Waals surface area contributed by atoms with Gasteiger partial charge in [-0.1, -0.05) is 0 Å². The minimum atomic E-state index is 0.0325. The van der Waals surface area contributed by atoms with E-state index in [1.165, 1.54) is 6.20 Å². The molecule has 80 valence electrons. The molecular formula is C10H14N4O. The van der Waals surface area contributed by atoms with Crippen molar-refractivity contribution >= 4 is 11.5 Å². The van der Waals surface area contributed by atoms with E-state index >= 15 is 0 Å². The molecule has 0 spiro atoms. The average Bonchev–Trinajstić information content (AvgIpc) is 2.26. The normalized spacial score (nSPS) is 9.67. The van der Waals surface area contributed by atoms with Crippen molar-refractivity contribution in [2.24, 2.45) is 0 Å². The first-order valence-electron chi connectivity index (χ1n) is 4.74. The number of nitrogens with zero attached hydrogens (tertiary/aromatic N) is 3. The lowest BCUT2D eigenvalue weighted by atomic mass is 10.2. The molecule has 3 N–H and O–H groups in total. The van der Waals surface area contributed by atoms with Gasteiger partial charge in [0.1, 0.15) is 11.9 Å². The Labute approximate surface area is 88.8 Å². The van der Waals surface area contributed by atoms with Crippen LogP contribution in [0.4, 0.5) is 11.5 Å². The minimum Gasteiger partial charge on any atom is -0.397 e. The zero-order chi connectivity index (χ0) is 11.3. The molecular weight excluding hydrogens is 192 g/mol. The number of pyridine rings is 1. The standard InChI is InChI=1S/C10H14N4O/c1-2-14(3-4-15)10-8(6-11)5-9(12)7-13-10/h5,7,15H,2-4,12H2,1H3. The molecule has 5 nitrogen and oxygen atoms in total. The molecule has 0 unspecified atom stereocenters. The molecule has 0 saturated carbocycles. The molecule has 0 fully saturated rings. The van der Waals surface area contributed by atoms with Gasteiger partial charge in [-0.05, 0) is 13.0 Å². The van der Waals surface area contributed by atoms with Crippen molar-refractivity contribution in [3.05, 3.63) is 17.8 Å². The highest BCUT2D eigenvalue weighted by atomic mass is 16.3. The highest BCUT2D eigenvalue weighted by molar-refractivity contribution is 5.58.